The molecule has 0 amide bonds. The zero-order chi connectivity index (χ0) is 15.9. The highest BCUT2D eigenvalue weighted by Crippen LogP contribution is 2.50. The highest BCUT2D eigenvalue weighted by molar-refractivity contribution is 9.10. The maximum Gasteiger partial charge on any atom is 0.109 e. The normalized spacial score (nSPS) is 15.6. The Morgan fingerprint density at radius 1 is 0.957 bits per heavy atom. The molecule has 0 saturated heterocycles. The first kappa shape index (κ1) is 14.7. The maximum absolute atomic E-state index is 4.31. The molecule has 0 unspecified atom stereocenters. The van der Waals surface area contributed by atoms with Crippen molar-refractivity contribution in [2.45, 2.75) is 31.6 Å². The monoisotopic (exact) mass is 366 g/mol. The van der Waals surface area contributed by atoms with E-state index in [1.165, 1.54) is 36.0 Å². The number of rotatable bonds is 4. The van der Waals surface area contributed by atoms with Gasteiger partial charge in [0.05, 0.1) is 11.9 Å². The fourth-order valence-electron chi connectivity index (χ4n) is 3.29. The van der Waals surface area contributed by atoms with Crippen LogP contribution in [0.4, 0.5) is 0 Å². The SMILES string of the molecule is CCC1(c2ccc(-c3ccc(-n4nccc4Br)cc3)cc2)CC1. The van der Waals surface area contributed by atoms with E-state index in [9.17, 15) is 0 Å². The minimum atomic E-state index is 0.481. The number of hydrogen-bond donors (Lipinski definition) is 0. The van der Waals surface area contributed by atoms with Gasteiger partial charge < -0.3 is 0 Å². The lowest BCUT2D eigenvalue weighted by Gasteiger charge is -2.13. The molecule has 0 N–H and O–H groups in total. The van der Waals surface area contributed by atoms with Gasteiger partial charge in [-0.1, -0.05) is 43.3 Å². The van der Waals surface area contributed by atoms with E-state index in [2.05, 4.69) is 76.5 Å². The van der Waals surface area contributed by atoms with Crippen molar-refractivity contribution in [2.75, 3.05) is 0 Å². The Morgan fingerprint density at radius 2 is 1.57 bits per heavy atom. The van der Waals surface area contributed by atoms with Crippen molar-refractivity contribution in [1.82, 2.24) is 9.78 Å². The first-order chi connectivity index (χ1) is 11.2. The van der Waals surface area contributed by atoms with Crippen molar-refractivity contribution in [3.05, 3.63) is 71.0 Å². The van der Waals surface area contributed by atoms with Crippen LogP contribution in [-0.4, -0.2) is 9.78 Å². The van der Waals surface area contributed by atoms with E-state index in [1.54, 1.807) is 6.20 Å². The summed E-state index contributed by atoms with van der Waals surface area (Å²) in [5, 5.41) is 4.31. The van der Waals surface area contributed by atoms with Gasteiger partial charge in [0.2, 0.25) is 0 Å². The van der Waals surface area contributed by atoms with E-state index >= 15 is 0 Å². The van der Waals surface area contributed by atoms with Gasteiger partial charge in [0.25, 0.3) is 0 Å². The lowest BCUT2D eigenvalue weighted by Crippen LogP contribution is -2.03. The summed E-state index contributed by atoms with van der Waals surface area (Å²) in [6.45, 7) is 2.30. The molecule has 1 heterocycles. The van der Waals surface area contributed by atoms with Crippen LogP contribution in [0.25, 0.3) is 16.8 Å². The van der Waals surface area contributed by atoms with Crippen LogP contribution in [0, 0.1) is 0 Å². The van der Waals surface area contributed by atoms with Crippen molar-refractivity contribution in [1.29, 1.82) is 0 Å². The summed E-state index contributed by atoms with van der Waals surface area (Å²) < 4.78 is 2.84. The van der Waals surface area contributed by atoms with Crippen LogP contribution in [0.2, 0.25) is 0 Å². The lowest BCUT2D eigenvalue weighted by molar-refractivity contribution is 0.664. The molecule has 3 aromatic rings. The van der Waals surface area contributed by atoms with Crippen LogP contribution in [0.1, 0.15) is 31.7 Å². The fraction of sp³-hybridized carbons (Fsp3) is 0.250. The molecule has 0 radical (unpaired) electrons. The van der Waals surface area contributed by atoms with Gasteiger partial charge in [0, 0.05) is 0 Å². The molecule has 1 aromatic heterocycles. The molecule has 0 spiro atoms. The standard InChI is InChI=1S/C20H19BrN2/c1-2-20(12-13-20)17-7-3-15(4-8-17)16-5-9-18(10-6-16)23-19(21)11-14-22-23/h3-11,14H,2,12-13H2,1H3. The van der Waals surface area contributed by atoms with Gasteiger partial charge in [-0.3, -0.25) is 0 Å². The summed E-state index contributed by atoms with van der Waals surface area (Å²) in [5.74, 6) is 0. The molecule has 2 nitrogen and oxygen atoms in total. The molecule has 0 atom stereocenters. The third kappa shape index (κ3) is 2.63. The molecule has 1 fully saturated rings. The Labute approximate surface area is 145 Å². The third-order valence-corrected chi connectivity index (χ3v) is 5.67. The highest BCUT2D eigenvalue weighted by Gasteiger charge is 2.41. The molecule has 1 saturated carbocycles. The van der Waals surface area contributed by atoms with Gasteiger partial charge in [-0.05, 0) is 75.5 Å². The molecule has 1 aliphatic rings. The van der Waals surface area contributed by atoms with E-state index in [-0.39, 0.29) is 0 Å². The summed E-state index contributed by atoms with van der Waals surface area (Å²) in [6.07, 6.45) is 5.73. The van der Waals surface area contributed by atoms with E-state index in [0.29, 0.717) is 5.41 Å². The Kier molecular flexibility index (Phi) is 3.61. The van der Waals surface area contributed by atoms with Crippen molar-refractivity contribution < 1.29 is 0 Å². The second-order valence-electron chi connectivity index (χ2n) is 6.32. The molecular weight excluding hydrogens is 348 g/mol. The molecule has 1 aliphatic carbocycles. The zero-order valence-corrected chi connectivity index (χ0v) is 14.8. The molecule has 23 heavy (non-hydrogen) atoms. The molecule has 116 valence electrons. The molecule has 3 heteroatoms. The van der Waals surface area contributed by atoms with E-state index < -0.39 is 0 Å². The van der Waals surface area contributed by atoms with Crippen LogP contribution in [0.15, 0.2) is 65.4 Å². The van der Waals surface area contributed by atoms with Crippen LogP contribution >= 0.6 is 15.9 Å². The van der Waals surface area contributed by atoms with Gasteiger partial charge in [-0.2, -0.15) is 5.10 Å². The number of nitrogens with zero attached hydrogens (tertiary/aromatic N) is 2. The molecular formula is C20H19BrN2. The topological polar surface area (TPSA) is 17.8 Å². The minimum absolute atomic E-state index is 0.481. The van der Waals surface area contributed by atoms with Gasteiger partial charge in [0.1, 0.15) is 4.60 Å². The van der Waals surface area contributed by atoms with Crippen molar-refractivity contribution in [3.63, 3.8) is 0 Å². The van der Waals surface area contributed by atoms with Crippen molar-refractivity contribution in [3.8, 4) is 16.8 Å². The summed E-state index contributed by atoms with van der Waals surface area (Å²) in [4.78, 5) is 0. The maximum atomic E-state index is 4.31. The van der Waals surface area contributed by atoms with E-state index in [0.717, 1.165) is 10.3 Å². The Balaban J connectivity index is 1.60. The second kappa shape index (κ2) is 5.64. The quantitative estimate of drug-likeness (QED) is 0.575. The first-order valence-corrected chi connectivity index (χ1v) is 8.92. The third-order valence-electron chi connectivity index (χ3n) is 5.07. The minimum Gasteiger partial charge on any atom is -0.227 e. The van der Waals surface area contributed by atoms with Crippen LogP contribution in [-0.2, 0) is 5.41 Å². The number of aromatic nitrogens is 2. The summed E-state index contributed by atoms with van der Waals surface area (Å²) in [6, 6.07) is 19.6. The smallest absolute Gasteiger partial charge is 0.109 e. The first-order valence-electron chi connectivity index (χ1n) is 8.13. The van der Waals surface area contributed by atoms with E-state index in [4.69, 9.17) is 0 Å². The molecule has 0 bridgehead atoms. The fourth-order valence-corrected chi connectivity index (χ4v) is 3.70. The Hall–Kier alpha value is -1.87. The highest BCUT2D eigenvalue weighted by atomic mass is 79.9. The zero-order valence-electron chi connectivity index (χ0n) is 13.2. The number of halogens is 1. The Bertz CT molecular complexity index is 812. The van der Waals surface area contributed by atoms with Crippen LogP contribution < -0.4 is 0 Å². The van der Waals surface area contributed by atoms with Gasteiger partial charge in [0.15, 0.2) is 0 Å². The summed E-state index contributed by atoms with van der Waals surface area (Å²) in [7, 11) is 0. The molecule has 0 aliphatic heterocycles. The molecule has 2 aromatic carbocycles. The largest absolute Gasteiger partial charge is 0.227 e. The number of benzene rings is 2. The van der Waals surface area contributed by atoms with Gasteiger partial charge in [-0.25, -0.2) is 4.68 Å². The van der Waals surface area contributed by atoms with Crippen molar-refractivity contribution in [2.24, 2.45) is 0 Å². The van der Waals surface area contributed by atoms with Crippen LogP contribution in [0.3, 0.4) is 0 Å². The Morgan fingerprint density at radius 3 is 2.04 bits per heavy atom. The lowest BCUT2D eigenvalue weighted by atomic mass is 9.91. The van der Waals surface area contributed by atoms with Gasteiger partial charge >= 0.3 is 0 Å². The average Bonchev–Trinajstić information content (AvgIpc) is 3.30. The number of hydrogen-bond acceptors (Lipinski definition) is 1. The second-order valence-corrected chi connectivity index (χ2v) is 7.14. The van der Waals surface area contributed by atoms with Crippen molar-refractivity contribution >= 4 is 15.9 Å². The molecule has 4 rings (SSSR count). The van der Waals surface area contributed by atoms with Gasteiger partial charge in [-0.15, -0.1) is 0 Å². The predicted molar refractivity (Wildman–Crippen MR) is 97.9 cm³/mol. The van der Waals surface area contributed by atoms with E-state index in [1.807, 2.05) is 10.7 Å². The average molecular weight is 367 g/mol. The predicted octanol–water partition coefficient (Wildman–Crippen LogP) is 5.74. The summed E-state index contributed by atoms with van der Waals surface area (Å²) in [5.41, 5.74) is 5.55. The summed E-state index contributed by atoms with van der Waals surface area (Å²) >= 11 is 3.51. The van der Waals surface area contributed by atoms with Crippen LogP contribution in [0.5, 0.6) is 0 Å².